The van der Waals surface area contributed by atoms with Gasteiger partial charge in [0.15, 0.2) is 0 Å². The van der Waals surface area contributed by atoms with E-state index in [0.717, 1.165) is 5.92 Å². The first-order valence-corrected chi connectivity index (χ1v) is 4.76. The molecule has 4 unspecified atom stereocenters. The van der Waals surface area contributed by atoms with Gasteiger partial charge in [0.25, 0.3) is 0 Å². The molecule has 1 fully saturated rings. The molecule has 1 aliphatic carbocycles. The first-order valence-electron chi connectivity index (χ1n) is 3.51. The standard InChI is InChI=1S/C7H9IN2/c1-4-5-2-3-9-10-7(4)6(5)8/h2-7H,1H3. The lowest BCUT2D eigenvalue weighted by atomic mass is 9.71. The predicted octanol–water partition coefficient (Wildman–Crippen LogP) is 2.40. The van der Waals surface area contributed by atoms with Crippen molar-refractivity contribution in [3.8, 4) is 0 Å². The molecule has 3 heteroatoms. The number of alkyl halides is 1. The normalized spacial score (nSPS) is 50.2. The molecule has 54 valence electrons. The number of allylic oxidation sites excluding steroid dienone is 1. The van der Waals surface area contributed by atoms with Crippen LogP contribution in [0.25, 0.3) is 0 Å². The third kappa shape index (κ3) is 0.758. The zero-order valence-corrected chi connectivity index (χ0v) is 7.89. The summed E-state index contributed by atoms with van der Waals surface area (Å²) in [6, 6.07) is 0.487. The summed E-state index contributed by atoms with van der Waals surface area (Å²) in [6.45, 7) is 2.25. The molecule has 2 heterocycles. The summed E-state index contributed by atoms with van der Waals surface area (Å²) >= 11 is 2.47. The molecular weight excluding hydrogens is 239 g/mol. The Morgan fingerprint density at radius 1 is 1.50 bits per heavy atom. The SMILES string of the molecule is CC1C2C=CN=NC1C2I. The fourth-order valence-electron chi connectivity index (χ4n) is 1.59. The molecule has 0 radical (unpaired) electrons. The van der Waals surface area contributed by atoms with E-state index >= 15 is 0 Å². The maximum atomic E-state index is 4.18. The minimum atomic E-state index is 0.487. The van der Waals surface area contributed by atoms with Gasteiger partial charge >= 0.3 is 0 Å². The molecule has 3 rings (SSSR count). The average Bonchev–Trinajstić information content (AvgIpc) is 2.22. The van der Waals surface area contributed by atoms with Gasteiger partial charge in [0.05, 0.1) is 6.04 Å². The molecule has 0 aromatic heterocycles. The second-order valence-electron chi connectivity index (χ2n) is 2.94. The number of halogens is 1. The zero-order chi connectivity index (χ0) is 7.14. The largest absolute Gasteiger partial charge is 0.184 e. The van der Waals surface area contributed by atoms with E-state index in [1.165, 1.54) is 0 Å². The van der Waals surface area contributed by atoms with Crippen molar-refractivity contribution in [3.63, 3.8) is 0 Å². The van der Waals surface area contributed by atoms with Crippen LogP contribution < -0.4 is 0 Å². The van der Waals surface area contributed by atoms with Gasteiger partial charge in [-0.25, -0.2) is 0 Å². The van der Waals surface area contributed by atoms with Crippen molar-refractivity contribution in [2.45, 2.75) is 16.9 Å². The molecule has 0 spiro atoms. The van der Waals surface area contributed by atoms with Gasteiger partial charge in [0.1, 0.15) is 0 Å². The summed E-state index contributed by atoms with van der Waals surface area (Å²) < 4.78 is 0.690. The van der Waals surface area contributed by atoms with E-state index in [2.05, 4.69) is 45.8 Å². The van der Waals surface area contributed by atoms with Crippen LogP contribution in [0, 0.1) is 11.8 Å². The fourth-order valence-corrected chi connectivity index (χ4v) is 3.29. The maximum Gasteiger partial charge on any atom is 0.0867 e. The van der Waals surface area contributed by atoms with Gasteiger partial charge in [-0.3, -0.25) is 0 Å². The molecule has 0 saturated heterocycles. The van der Waals surface area contributed by atoms with Gasteiger partial charge in [-0.05, 0) is 11.8 Å². The van der Waals surface area contributed by atoms with E-state index in [9.17, 15) is 0 Å². The molecule has 2 aliphatic heterocycles. The minimum Gasteiger partial charge on any atom is -0.184 e. The van der Waals surface area contributed by atoms with Crippen LogP contribution in [-0.4, -0.2) is 9.97 Å². The second-order valence-corrected chi connectivity index (χ2v) is 4.38. The Labute approximate surface area is 73.9 Å². The molecule has 1 saturated carbocycles. The highest BCUT2D eigenvalue weighted by Gasteiger charge is 2.46. The lowest BCUT2D eigenvalue weighted by Crippen LogP contribution is -2.47. The van der Waals surface area contributed by atoms with Crippen LogP contribution in [-0.2, 0) is 0 Å². The third-order valence-electron chi connectivity index (χ3n) is 2.41. The Hall–Kier alpha value is 0.0700. The van der Waals surface area contributed by atoms with Crippen molar-refractivity contribution >= 4 is 22.6 Å². The number of rotatable bonds is 0. The van der Waals surface area contributed by atoms with Crippen LogP contribution in [0.15, 0.2) is 22.5 Å². The highest BCUT2D eigenvalue weighted by Crippen LogP contribution is 2.44. The van der Waals surface area contributed by atoms with Crippen LogP contribution in [0.2, 0.25) is 0 Å². The number of fused-ring (bicyclic) bond motifs is 1. The molecule has 0 amide bonds. The molecule has 2 nitrogen and oxygen atoms in total. The number of azo groups is 1. The lowest BCUT2D eigenvalue weighted by molar-refractivity contribution is 0.225. The topological polar surface area (TPSA) is 24.7 Å². The van der Waals surface area contributed by atoms with E-state index in [4.69, 9.17) is 0 Å². The van der Waals surface area contributed by atoms with Crippen LogP contribution in [0.1, 0.15) is 6.92 Å². The van der Waals surface area contributed by atoms with Crippen molar-refractivity contribution < 1.29 is 0 Å². The summed E-state index contributed by atoms with van der Waals surface area (Å²) in [6.07, 6.45) is 4.01. The quantitative estimate of drug-likeness (QED) is 0.464. The van der Waals surface area contributed by atoms with E-state index in [1.54, 1.807) is 0 Å². The summed E-state index contributed by atoms with van der Waals surface area (Å²) in [4.78, 5) is 0. The summed E-state index contributed by atoms with van der Waals surface area (Å²) in [7, 11) is 0. The van der Waals surface area contributed by atoms with Crippen LogP contribution in [0.4, 0.5) is 0 Å². The zero-order valence-electron chi connectivity index (χ0n) is 5.74. The Morgan fingerprint density at radius 3 is 3.00 bits per heavy atom. The van der Waals surface area contributed by atoms with Gasteiger partial charge in [-0.1, -0.05) is 35.6 Å². The Bertz CT molecular complexity index is 170. The summed E-state index contributed by atoms with van der Waals surface area (Å²) in [5.41, 5.74) is 0. The van der Waals surface area contributed by atoms with Crippen molar-refractivity contribution in [1.29, 1.82) is 0 Å². The van der Waals surface area contributed by atoms with Gasteiger partial charge in [-0.15, -0.1) is 0 Å². The molecule has 4 atom stereocenters. The van der Waals surface area contributed by atoms with E-state index < -0.39 is 0 Å². The monoisotopic (exact) mass is 248 g/mol. The fraction of sp³-hybridized carbons (Fsp3) is 0.714. The van der Waals surface area contributed by atoms with Crippen molar-refractivity contribution in [1.82, 2.24) is 0 Å². The van der Waals surface area contributed by atoms with Gasteiger partial charge in [-0.2, -0.15) is 10.2 Å². The third-order valence-corrected chi connectivity index (χ3v) is 3.98. The van der Waals surface area contributed by atoms with E-state index in [1.807, 2.05) is 6.20 Å². The summed E-state index contributed by atoms with van der Waals surface area (Å²) in [5, 5.41) is 8.12. The average molecular weight is 248 g/mol. The number of hydrogen-bond acceptors (Lipinski definition) is 2. The van der Waals surface area contributed by atoms with Crippen LogP contribution >= 0.6 is 22.6 Å². The smallest absolute Gasteiger partial charge is 0.0867 e. The van der Waals surface area contributed by atoms with Crippen molar-refractivity contribution in [2.24, 2.45) is 22.1 Å². The maximum absolute atomic E-state index is 4.18. The molecule has 10 heavy (non-hydrogen) atoms. The number of nitrogens with zero attached hydrogens (tertiary/aromatic N) is 2. The lowest BCUT2D eigenvalue weighted by Gasteiger charge is -2.42. The number of hydrogen-bond donors (Lipinski definition) is 0. The van der Waals surface area contributed by atoms with Crippen molar-refractivity contribution in [3.05, 3.63) is 12.3 Å². The second kappa shape index (κ2) is 2.29. The van der Waals surface area contributed by atoms with Gasteiger partial charge < -0.3 is 0 Å². The minimum absolute atomic E-state index is 0.487. The Balaban J connectivity index is 2.27. The van der Waals surface area contributed by atoms with Gasteiger partial charge in [0, 0.05) is 10.1 Å². The van der Waals surface area contributed by atoms with Crippen LogP contribution in [0.3, 0.4) is 0 Å². The van der Waals surface area contributed by atoms with E-state index in [-0.39, 0.29) is 0 Å². The first kappa shape index (κ1) is 6.76. The van der Waals surface area contributed by atoms with Crippen molar-refractivity contribution in [2.75, 3.05) is 0 Å². The molecule has 2 bridgehead atoms. The predicted molar refractivity (Wildman–Crippen MR) is 48.2 cm³/mol. The molecule has 0 aromatic rings. The molecule has 0 aromatic carbocycles. The van der Waals surface area contributed by atoms with E-state index in [0.29, 0.717) is 15.9 Å². The molecular formula is C7H9IN2. The molecule has 3 aliphatic rings. The highest BCUT2D eigenvalue weighted by molar-refractivity contribution is 14.1. The highest BCUT2D eigenvalue weighted by atomic mass is 127. The first-order chi connectivity index (χ1) is 4.80. The Kier molecular flexibility index (Phi) is 1.55. The Morgan fingerprint density at radius 2 is 2.30 bits per heavy atom. The molecule has 0 N–H and O–H groups in total. The summed E-state index contributed by atoms with van der Waals surface area (Å²) in [5.74, 6) is 1.44. The van der Waals surface area contributed by atoms with Crippen LogP contribution in [0.5, 0.6) is 0 Å². The van der Waals surface area contributed by atoms with Gasteiger partial charge in [0.2, 0.25) is 0 Å².